The van der Waals surface area contributed by atoms with Gasteiger partial charge in [0.05, 0.1) is 12.3 Å². The van der Waals surface area contributed by atoms with Gasteiger partial charge in [-0.1, -0.05) is 6.92 Å². The lowest BCUT2D eigenvalue weighted by Gasteiger charge is -2.12. The van der Waals surface area contributed by atoms with Gasteiger partial charge in [-0.05, 0) is 13.3 Å². The summed E-state index contributed by atoms with van der Waals surface area (Å²) in [7, 11) is 0. The number of hydrogen-bond donors (Lipinski definition) is 3. The van der Waals surface area contributed by atoms with E-state index in [1.165, 1.54) is 0 Å². The van der Waals surface area contributed by atoms with E-state index in [1.807, 2.05) is 30.6 Å². The summed E-state index contributed by atoms with van der Waals surface area (Å²) in [5.41, 5.74) is 0.764. The van der Waals surface area contributed by atoms with Crippen molar-refractivity contribution in [2.75, 3.05) is 23.7 Å². The number of nitrogens with one attached hydrogen (secondary N) is 2. The maximum absolute atomic E-state index is 9.58. The zero-order valence-corrected chi connectivity index (χ0v) is 10.7. The van der Waals surface area contributed by atoms with Gasteiger partial charge in [0, 0.05) is 25.5 Å². The number of fused-ring (bicyclic) bond motifs is 1. The number of aromatic nitrogens is 3. The van der Waals surface area contributed by atoms with E-state index < -0.39 is 0 Å². The van der Waals surface area contributed by atoms with Crippen molar-refractivity contribution in [2.45, 2.75) is 26.4 Å². The summed E-state index contributed by atoms with van der Waals surface area (Å²) in [4.78, 5) is 8.70. The van der Waals surface area contributed by atoms with E-state index in [4.69, 9.17) is 0 Å². The Bertz CT molecular complexity index is 510. The molecule has 1 atom stereocenters. The van der Waals surface area contributed by atoms with Crippen LogP contribution in [0.25, 0.3) is 5.65 Å². The molecule has 0 aromatic carbocycles. The molecule has 3 N–H and O–H groups in total. The first-order chi connectivity index (χ1) is 8.74. The lowest BCUT2D eigenvalue weighted by molar-refractivity contribution is 0.183. The van der Waals surface area contributed by atoms with Crippen LogP contribution in [0, 0.1) is 0 Å². The smallest absolute Gasteiger partial charge is 0.180 e. The SMILES string of the molecule is CCNc1cn2ccnc2c(NCC(O)CC)n1. The van der Waals surface area contributed by atoms with Crippen molar-refractivity contribution < 1.29 is 5.11 Å². The highest BCUT2D eigenvalue weighted by atomic mass is 16.3. The molecule has 1 unspecified atom stereocenters. The van der Waals surface area contributed by atoms with Crippen LogP contribution in [0.1, 0.15) is 20.3 Å². The van der Waals surface area contributed by atoms with Crippen molar-refractivity contribution in [3.63, 3.8) is 0 Å². The number of aliphatic hydroxyl groups excluding tert-OH is 1. The lowest BCUT2D eigenvalue weighted by atomic mass is 10.3. The van der Waals surface area contributed by atoms with Crippen molar-refractivity contribution in [3.8, 4) is 0 Å². The third-order valence-corrected chi connectivity index (χ3v) is 2.71. The second-order valence-corrected chi connectivity index (χ2v) is 4.11. The highest BCUT2D eigenvalue weighted by Crippen LogP contribution is 2.16. The van der Waals surface area contributed by atoms with E-state index in [-0.39, 0.29) is 6.10 Å². The minimum Gasteiger partial charge on any atom is -0.391 e. The van der Waals surface area contributed by atoms with Crippen LogP contribution in [-0.2, 0) is 0 Å². The van der Waals surface area contributed by atoms with Crippen molar-refractivity contribution in [3.05, 3.63) is 18.6 Å². The van der Waals surface area contributed by atoms with Gasteiger partial charge in [0.25, 0.3) is 0 Å². The number of imidazole rings is 1. The second kappa shape index (κ2) is 5.68. The Kier molecular flexibility index (Phi) is 3.99. The van der Waals surface area contributed by atoms with Crippen molar-refractivity contribution >= 4 is 17.3 Å². The number of nitrogens with zero attached hydrogens (tertiary/aromatic N) is 3. The maximum atomic E-state index is 9.58. The molecule has 6 nitrogen and oxygen atoms in total. The van der Waals surface area contributed by atoms with Crippen LogP contribution in [0.2, 0.25) is 0 Å². The molecule has 0 radical (unpaired) electrons. The van der Waals surface area contributed by atoms with Gasteiger partial charge in [-0.25, -0.2) is 9.97 Å². The van der Waals surface area contributed by atoms with E-state index in [0.29, 0.717) is 18.8 Å². The van der Waals surface area contributed by atoms with E-state index >= 15 is 0 Å². The van der Waals surface area contributed by atoms with Gasteiger partial charge < -0.3 is 20.1 Å². The minimum atomic E-state index is -0.371. The molecule has 0 spiro atoms. The molecule has 2 heterocycles. The standard InChI is InChI=1S/C12H19N5O/c1-3-9(18)7-15-11-12-14-5-6-17(12)8-10(16-11)13-4-2/h5-6,8-9,13,18H,3-4,7H2,1-2H3,(H,15,16). The van der Waals surface area contributed by atoms with Crippen LogP contribution < -0.4 is 10.6 Å². The zero-order valence-electron chi connectivity index (χ0n) is 10.7. The average molecular weight is 249 g/mol. The third-order valence-electron chi connectivity index (χ3n) is 2.71. The van der Waals surface area contributed by atoms with Crippen LogP contribution in [0.5, 0.6) is 0 Å². The Hall–Kier alpha value is -1.82. The third kappa shape index (κ3) is 2.70. The molecule has 0 saturated carbocycles. The quantitative estimate of drug-likeness (QED) is 0.720. The summed E-state index contributed by atoms with van der Waals surface area (Å²) in [6, 6.07) is 0. The van der Waals surface area contributed by atoms with Crippen molar-refractivity contribution in [2.24, 2.45) is 0 Å². The Morgan fingerprint density at radius 2 is 2.22 bits per heavy atom. The monoisotopic (exact) mass is 249 g/mol. The Morgan fingerprint density at radius 1 is 1.39 bits per heavy atom. The highest BCUT2D eigenvalue weighted by Gasteiger charge is 2.08. The van der Waals surface area contributed by atoms with Gasteiger partial charge in [-0.2, -0.15) is 0 Å². The number of aliphatic hydroxyl groups is 1. The Labute approximate surface area is 106 Å². The first-order valence-corrected chi connectivity index (χ1v) is 6.24. The summed E-state index contributed by atoms with van der Waals surface area (Å²) in [5, 5.41) is 15.9. The predicted octanol–water partition coefficient (Wildman–Crippen LogP) is 1.34. The van der Waals surface area contributed by atoms with Crippen LogP contribution in [0.15, 0.2) is 18.6 Å². The van der Waals surface area contributed by atoms with Gasteiger partial charge >= 0.3 is 0 Å². The molecule has 0 aliphatic rings. The largest absolute Gasteiger partial charge is 0.391 e. The molecule has 0 fully saturated rings. The van der Waals surface area contributed by atoms with Crippen LogP contribution >= 0.6 is 0 Å². The van der Waals surface area contributed by atoms with Crippen LogP contribution in [0.4, 0.5) is 11.6 Å². The van der Waals surface area contributed by atoms with Gasteiger partial charge in [0.2, 0.25) is 0 Å². The van der Waals surface area contributed by atoms with Gasteiger partial charge in [0.1, 0.15) is 5.82 Å². The molecule has 2 aromatic heterocycles. The number of hydrogen-bond acceptors (Lipinski definition) is 5. The van der Waals surface area contributed by atoms with E-state index in [9.17, 15) is 5.11 Å². The van der Waals surface area contributed by atoms with Gasteiger partial charge in [-0.15, -0.1) is 0 Å². The van der Waals surface area contributed by atoms with Crippen molar-refractivity contribution in [1.82, 2.24) is 14.4 Å². The molecule has 0 amide bonds. The van der Waals surface area contributed by atoms with Gasteiger partial charge in [0.15, 0.2) is 11.5 Å². The minimum absolute atomic E-state index is 0.371. The van der Waals surface area contributed by atoms with E-state index in [2.05, 4.69) is 20.6 Å². The molecule has 2 aromatic rings. The average Bonchev–Trinajstić information content (AvgIpc) is 2.84. The zero-order chi connectivity index (χ0) is 13.0. The summed E-state index contributed by atoms with van der Waals surface area (Å²) < 4.78 is 1.91. The first-order valence-electron chi connectivity index (χ1n) is 6.24. The fourth-order valence-electron chi connectivity index (χ4n) is 1.68. The number of rotatable bonds is 6. The molecular weight excluding hydrogens is 230 g/mol. The first kappa shape index (κ1) is 12.6. The number of anilines is 2. The second-order valence-electron chi connectivity index (χ2n) is 4.11. The molecule has 0 aliphatic carbocycles. The lowest BCUT2D eigenvalue weighted by Crippen LogP contribution is -2.19. The molecule has 0 bridgehead atoms. The van der Waals surface area contributed by atoms with Crippen molar-refractivity contribution in [1.29, 1.82) is 0 Å². The summed E-state index contributed by atoms with van der Waals surface area (Å²) >= 11 is 0. The van der Waals surface area contributed by atoms with E-state index in [0.717, 1.165) is 18.0 Å². The molecule has 6 heteroatoms. The topological polar surface area (TPSA) is 74.5 Å². The summed E-state index contributed by atoms with van der Waals surface area (Å²) in [6.07, 6.45) is 5.84. The molecule has 0 aliphatic heterocycles. The van der Waals surface area contributed by atoms with Crippen LogP contribution in [0.3, 0.4) is 0 Å². The summed E-state index contributed by atoms with van der Waals surface area (Å²) in [5.74, 6) is 1.47. The van der Waals surface area contributed by atoms with Gasteiger partial charge in [-0.3, -0.25) is 0 Å². The fraction of sp³-hybridized carbons (Fsp3) is 0.500. The maximum Gasteiger partial charge on any atom is 0.180 e. The predicted molar refractivity (Wildman–Crippen MR) is 71.9 cm³/mol. The van der Waals surface area contributed by atoms with E-state index in [1.54, 1.807) is 6.20 Å². The fourth-order valence-corrected chi connectivity index (χ4v) is 1.68. The Morgan fingerprint density at radius 3 is 2.94 bits per heavy atom. The molecule has 2 rings (SSSR count). The van der Waals surface area contributed by atoms with Crippen LogP contribution in [-0.4, -0.2) is 38.7 Å². The normalized spacial score (nSPS) is 12.6. The Balaban J connectivity index is 2.25. The molecular formula is C12H19N5O. The molecule has 98 valence electrons. The molecule has 18 heavy (non-hydrogen) atoms. The summed E-state index contributed by atoms with van der Waals surface area (Å²) in [6.45, 7) is 5.25. The highest BCUT2D eigenvalue weighted by molar-refractivity contribution is 5.65. The molecule has 0 saturated heterocycles.